The zero-order chi connectivity index (χ0) is 14.9. The molecule has 2 aromatic rings. The van der Waals surface area contributed by atoms with Gasteiger partial charge in [-0.3, -0.25) is 4.79 Å². The van der Waals surface area contributed by atoms with Gasteiger partial charge in [0.15, 0.2) is 11.7 Å². The van der Waals surface area contributed by atoms with Crippen molar-refractivity contribution in [2.24, 2.45) is 5.73 Å². The summed E-state index contributed by atoms with van der Waals surface area (Å²) in [5, 5.41) is 12.7. The maximum Gasteiger partial charge on any atom is 0.361 e. The topological polar surface area (TPSA) is 101 Å². The summed E-state index contributed by atoms with van der Waals surface area (Å²) in [7, 11) is 0. The number of benzene rings is 1. The average molecular weight is 277 g/mol. The van der Waals surface area contributed by atoms with Gasteiger partial charge in [0.1, 0.15) is 0 Å². The Morgan fingerprint density at radius 3 is 2.70 bits per heavy atom. The number of ether oxygens (including phenoxy) is 1. The van der Waals surface area contributed by atoms with E-state index in [0.717, 1.165) is 4.68 Å². The van der Waals surface area contributed by atoms with Crippen molar-refractivity contribution in [1.82, 2.24) is 4.68 Å². The Bertz CT molecular complexity index is 678. The molecule has 1 amide bonds. The van der Waals surface area contributed by atoms with Gasteiger partial charge in [-0.2, -0.15) is 0 Å². The highest BCUT2D eigenvalue weighted by Gasteiger charge is 2.31. The van der Waals surface area contributed by atoms with E-state index in [1.165, 1.54) is 6.92 Å². The Morgan fingerprint density at radius 1 is 1.45 bits per heavy atom. The second-order valence-electron chi connectivity index (χ2n) is 4.28. The molecule has 0 aliphatic rings. The molecule has 1 atom stereocenters. The lowest BCUT2D eigenvalue weighted by Crippen LogP contribution is -2.44. The molecule has 7 heteroatoms. The molecule has 1 aromatic carbocycles. The van der Waals surface area contributed by atoms with Gasteiger partial charge in [-0.15, -0.1) is 4.68 Å². The third-order valence-electron chi connectivity index (χ3n) is 3.04. The van der Waals surface area contributed by atoms with Crippen LogP contribution in [-0.2, 0) is 9.53 Å². The second-order valence-corrected chi connectivity index (χ2v) is 4.28. The van der Waals surface area contributed by atoms with E-state index < -0.39 is 17.9 Å². The number of hydrogen-bond acceptors (Lipinski definition) is 4. The van der Waals surface area contributed by atoms with Crippen LogP contribution in [0.3, 0.4) is 0 Å². The van der Waals surface area contributed by atoms with E-state index in [-0.39, 0.29) is 17.8 Å². The van der Waals surface area contributed by atoms with E-state index in [0.29, 0.717) is 10.2 Å². The summed E-state index contributed by atoms with van der Waals surface area (Å²) in [5.41, 5.74) is 5.55. The lowest BCUT2D eigenvalue weighted by atomic mass is 10.2. The number of nitrogens with two attached hydrogens (primary N) is 1. The summed E-state index contributed by atoms with van der Waals surface area (Å²) in [6.07, 6.45) is 0. The van der Waals surface area contributed by atoms with Gasteiger partial charge in [-0.05, 0) is 19.9 Å². The fourth-order valence-electron chi connectivity index (χ4n) is 2.05. The third kappa shape index (κ3) is 2.07. The maximum atomic E-state index is 12.3. The van der Waals surface area contributed by atoms with Crippen molar-refractivity contribution in [3.05, 3.63) is 35.2 Å². The van der Waals surface area contributed by atoms with E-state index in [2.05, 4.69) is 0 Å². The highest BCUT2D eigenvalue weighted by molar-refractivity contribution is 6.01. The van der Waals surface area contributed by atoms with Crippen LogP contribution >= 0.6 is 0 Å². The molecule has 0 saturated heterocycles. The second kappa shape index (κ2) is 5.20. The normalized spacial score (nSPS) is 12.3. The minimum absolute atomic E-state index is 0.0313. The summed E-state index contributed by atoms with van der Waals surface area (Å²) >= 11 is 0. The number of carbonyl (C=O) groups is 2. The van der Waals surface area contributed by atoms with Crippen molar-refractivity contribution in [2.45, 2.75) is 19.9 Å². The van der Waals surface area contributed by atoms with Gasteiger partial charge in [-0.25, -0.2) is 4.79 Å². The molecule has 1 heterocycles. The van der Waals surface area contributed by atoms with Gasteiger partial charge in [0, 0.05) is 6.07 Å². The van der Waals surface area contributed by atoms with E-state index in [4.69, 9.17) is 10.5 Å². The number of hydrogen-bond donors (Lipinski definition) is 1. The molecule has 0 aliphatic carbocycles. The van der Waals surface area contributed by atoms with Crippen molar-refractivity contribution in [1.29, 1.82) is 0 Å². The molecule has 0 fully saturated rings. The molecule has 0 bridgehead atoms. The monoisotopic (exact) mass is 277 g/mol. The quantitative estimate of drug-likeness (QED) is 0.499. The van der Waals surface area contributed by atoms with Crippen LogP contribution in [0.4, 0.5) is 0 Å². The zero-order valence-corrected chi connectivity index (χ0v) is 11.2. The molecule has 0 radical (unpaired) electrons. The smallest absolute Gasteiger partial charge is 0.361 e. The van der Waals surface area contributed by atoms with Crippen molar-refractivity contribution >= 4 is 22.8 Å². The highest BCUT2D eigenvalue weighted by atomic mass is 16.5. The van der Waals surface area contributed by atoms with Crippen LogP contribution in [0.25, 0.3) is 10.9 Å². The van der Waals surface area contributed by atoms with Crippen molar-refractivity contribution in [3.63, 3.8) is 0 Å². The van der Waals surface area contributed by atoms with Crippen LogP contribution < -0.4 is 10.6 Å². The number of amides is 1. The molecule has 0 unspecified atom stereocenters. The van der Waals surface area contributed by atoms with Gasteiger partial charge in [0.05, 0.1) is 12.0 Å². The van der Waals surface area contributed by atoms with E-state index in [1.54, 1.807) is 31.2 Å². The summed E-state index contributed by atoms with van der Waals surface area (Å²) in [6.45, 7) is 3.29. The molecule has 0 saturated carbocycles. The number of para-hydroxylation sites is 1. The van der Waals surface area contributed by atoms with Crippen LogP contribution in [0.5, 0.6) is 0 Å². The first-order valence-corrected chi connectivity index (χ1v) is 6.18. The predicted molar refractivity (Wildman–Crippen MR) is 70.8 cm³/mol. The number of rotatable bonds is 4. The number of aromatic nitrogens is 2. The average Bonchev–Trinajstić information content (AvgIpc) is 2.72. The van der Waals surface area contributed by atoms with E-state index in [1.807, 2.05) is 0 Å². The molecular weight excluding hydrogens is 262 g/mol. The van der Waals surface area contributed by atoms with E-state index in [9.17, 15) is 14.8 Å². The largest absolute Gasteiger partial charge is 0.595 e. The van der Waals surface area contributed by atoms with Crippen molar-refractivity contribution in [2.75, 3.05) is 6.61 Å². The fraction of sp³-hybridized carbons (Fsp3) is 0.308. The SMILES string of the molecule is CCOC(=O)c1c2ccccc2[n+]([O-])n1[C@@H](C)C(N)=O. The zero-order valence-electron chi connectivity index (χ0n) is 11.2. The number of primary amides is 1. The Labute approximate surface area is 115 Å². The number of esters is 1. The lowest BCUT2D eigenvalue weighted by Gasteiger charge is -2.11. The number of fused-ring (bicyclic) bond motifs is 1. The molecule has 0 aliphatic heterocycles. The molecule has 1 aromatic heterocycles. The maximum absolute atomic E-state index is 12.3. The first-order valence-electron chi connectivity index (χ1n) is 6.18. The van der Waals surface area contributed by atoms with Crippen molar-refractivity contribution < 1.29 is 19.2 Å². The molecule has 7 nitrogen and oxygen atoms in total. The number of carbonyl (C=O) groups excluding carboxylic acids is 2. The van der Waals surface area contributed by atoms with Crippen LogP contribution in [0.1, 0.15) is 30.4 Å². The van der Waals surface area contributed by atoms with Gasteiger partial charge in [-0.1, -0.05) is 17.0 Å². The van der Waals surface area contributed by atoms with Gasteiger partial charge in [0.2, 0.25) is 5.91 Å². The third-order valence-corrected chi connectivity index (χ3v) is 3.04. The Morgan fingerprint density at radius 2 is 2.10 bits per heavy atom. The summed E-state index contributed by atoms with van der Waals surface area (Å²) in [6, 6.07) is 5.60. The Kier molecular flexibility index (Phi) is 3.60. The first-order chi connectivity index (χ1) is 9.49. The highest BCUT2D eigenvalue weighted by Crippen LogP contribution is 2.20. The standard InChI is InChI=1S/C13H15N3O4/c1-3-20-13(18)11-9-6-4-5-7-10(9)16(19)15(11)8(2)12(14)17/h4-8H,3H2,1-2H3,(H2,14,17)/t8-/m0/s1. The van der Waals surface area contributed by atoms with Crippen LogP contribution in [0, 0.1) is 5.21 Å². The minimum Gasteiger partial charge on any atom is -0.595 e. The van der Waals surface area contributed by atoms with Gasteiger partial charge in [0.25, 0.3) is 5.52 Å². The molecule has 20 heavy (non-hydrogen) atoms. The van der Waals surface area contributed by atoms with Gasteiger partial charge < -0.3 is 15.7 Å². The molecule has 2 rings (SSSR count). The van der Waals surface area contributed by atoms with Crippen LogP contribution in [-0.4, -0.2) is 23.2 Å². The summed E-state index contributed by atoms with van der Waals surface area (Å²) < 4.78 is 5.97. The Balaban J connectivity index is 2.76. The van der Waals surface area contributed by atoms with Gasteiger partial charge >= 0.3 is 5.97 Å². The number of nitrogens with zero attached hydrogens (tertiary/aromatic N) is 2. The lowest BCUT2D eigenvalue weighted by molar-refractivity contribution is -0.671. The molecule has 106 valence electrons. The summed E-state index contributed by atoms with van der Waals surface area (Å²) in [4.78, 5) is 23.9. The molecular formula is C13H15N3O4. The Hall–Kier alpha value is -2.57. The summed E-state index contributed by atoms with van der Waals surface area (Å²) in [5.74, 6) is -1.37. The van der Waals surface area contributed by atoms with Crippen LogP contribution in [0.15, 0.2) is 24.3 Å². The minimum atomic E-state index is -0.959. The van der Waals surface area contributed by atoms with E-state index >= 15 is 0 Å². The fourth-order valence-corrected chi connectivity index (χ4v) is 2.05. The van der Waals surface area contributed by atoms with Crippen molar-refractivity contribution in [3.8, 4) is 0 Å². The molecule has 0 spiro atoms. The first kappa shape index (κ1) is 13.9. The molecule has 2 N–H and O–H groups in total. The predicted octanol–water partition coefficient (Wildman–Crippen LogP) is 0.498. The van der Waals surface area contributed by atoms with Crippen LogP contribution in [0.2, 0.25) is 0 Å².